The fraction of sp³-hybridized carbons (Fsp3) is 0.667. The molecule has 0 spiro atoms. The topological polar surface area (TPSA) is 37.3 Å². The summed E-state index contributed by atoms with van der Waals surface area (Å²) in [4.78, 5) is 10.4. The van der Waals surface area contributed by atoms with Crippen molar-refractivity contribution in [3.63, 3.8) is 0 Å². The van der Waals surface area contributed by atoms with Gasteiger partial charge in [0, 0.05) is 6.42 Å². The van der Waals surface area contributed by atoms with Crippen LogP contribution in [0.3, 0.4) is 0 Å². The molecule has 0 amide bonds. The molecule has 0 aliphatic rings. The molecule has 0 aliphatic carbocycles. The Kier molecular flexibility index (Phi) is 16.1. The number of carbonyl (C=O) groups is 1. The molecule has 2 nitrogen and oxygen atoms in total. The summed E-state index contributed by atoms with van der Waals surface area (Å²) in [5, 5.41) is 8.53. The zero-order chi connectivity index (χ0) is 17.2. The Labute approximate surface area is 143 Å². The molecule has 0 unspecified atom stereocenters. The molecule has 0 aliphatic heterocycles. The third-order valence-electron chi connectivity index (χ3n) is 3.90. The molecule has 1 atom stereocenters. The average Bonchev–Trinajstić information content (AvgIpc) is 2.51. The van der Waals surface area contributed by atoms with Gasteiger partial charge in [-0.05, 0) is 38.0 Å². The number of carboxylic acids is 1. The lowest BCUT2D eigenvalue weighted by atomic mass is 10.0. The van der Waals surface area contributed by atoms with Gasteiger partial charge >= 0.3 is 5.97 Å². The first kappa shape index (κ1) is 21.7. The zero-order valence-corrected chi connectivity index (χ0v) is 15.2. The Morgan fingerprint density at radius 2 is 1.74 bits per heavy atom. The lowest BCUT2D eigenvalue weighted by Crippen LogP contribution is -1.93. The highest BCUT2D eigenvalue weighted by molar-refractivity contribution is 5.66. The molecule has 0 heterocycles. The first-order valence-electron chi connectivity index (χ1n) is 9.37. The van der Waals surface area contributed by atoms with Crippen LogP contribution in [0.2, 0.25) is 0 Å². The number of unbranched alkanes of at least 4 members (excludes halogenated alkanes) is 6. The summed E-state index contributed by atoms with van der Waals surface area (Å²) in [6.07, 6.45) is 25.1. The van der Waals surface area contributed by atoms with Gasteiger partial charge in [-0.15, -0.1) is 0 Å². The molecule has 0 saturated carbocycles. The van der Waals surface area contributed by atoms with Crippen molar-refractivity contribution >= 4 is 5.97 Å². The number of carboxylic acid groups (broad SMARTS) is 1. The van der Waals surface area contributed by atoms with Crippen molar-refractivity contribution in [2.45, 2.75) is 84.5 Å². The van der Waals surface area contributed by atoms with Crippen LogP contribution < -0.4 is 0 Å². The molecule has 23 heavy (non-hydrogen) atoms. The molecular weight excluding hydrogens is 284 g/mol. The normalized spacial score (nSPS) is 13.5. The van der Waals surface area contributed by atoms with Gasteiger partial charge in [0.1, 0.15) is 0 Å². The molecule has 0 radical (unpaired) electrons. The number of hydrogen-bond donors (Lipinski definition) is 1. The molecule has 1 N–H and O–H groups in total. The molecular formula is C21H36O2. The van der Waals surface area contributed by atoms with E-state index in [1.54, 1.807) is 0 Å². The van der Waals surface area contributed by atoms with Gasteiger partial charge in [-0.2, -0.15) is 0 Å². The Morgan fingerprint density at radius 3 is 2.48 bits per heavy atom. The fourth-order valence-electron chi connectivity index (χ4n) is 2.41. The second-order valence-corrected chi connectivity index (χ2v) is 6.34. The van der Waals surface area contributed by atoms with Crippen LogP contribution in [-0.4, -0.2) is 11.1 Å². The van der Waals surface area contributed by atoms with Gasteiger partial charge in [-0.1, -0.05) is 82.4 Å². The second kappa shape index (κ2) is 17.1. The van der Waals surface area contributed by atoms with Crippen LogP contribution in [0.15, 0.2) is 36.5 Å². The number of aliphatic carboxylic acids is 1. The van der Waals surface area contributed by atoms with Gasteiger partial charge in [0.05, 0.1) is 0 Å². The van der Waals surface area contributed by atoms with Crippen LogP contribution in [0, 0.1) is 5.92 Å². The first-order valence-corrected chi connectivity index (χ1v) is 9.37. The van der Waals surface area contributed by atoms with E-state index in [1.807, 2.05) is 0 Å². The highest BCUT2D eigenvalue weighted by atomic mass is 16.4. The van der Waals surface area contributed by atoms with E-state index in [1.165, 1.54) is 25.7 Å². The van der Waals surface area contributed by atoms with Gasteiger partial charge < -0.3 is 5.11 Å². The summed E-state index contributed by atoms with van der Waals surface area (Å²) in [5.74, 6) is 0.00366. The number of hydrogen-bond acceptors (Lipinski definition) is 1. The van der Waals surface area contributed by atoms with Crippen molar-refractivity contribution in [2.24, 2.45) is 5.92 Å². The molecule has 0 fully saturated rings. The predicted octanol–water partition coefficient (Wildman–Crippen LogP) is 6.69. The van der Waals surface area contributed by atoms with Gasteiger partial charge in [-0.3, -0.25) is 4.79 Å². The molecule has 2 heteroatoms. The lowest BCUT2D eigenvalue weighted by Gasteiger charge is -2.03. The van der Waals surface area contributed by atoms with E-state index < -0.39 is 5.97 Å². The Balaban J connectivity index is 3.45. The van der Waals surface area contributed by atoms with Crippen molar-refractivity contribution in [1.29, 1.82) is 0 Å². The smallest absolute Gasteiger partial charge is 0.303 e. The van der Waals surface area contributed by atoms with Crippen molar-refractivity contribution in [1.82, 2.24) is 0 Å². The average molecular weight is 321 g/mol. The van der Waals surface area contributed by atoms with E-state index in [2.05, 4.69) is 50.3 Å². The third-order valence-corrected chi connectivity index (χ3v) is 3.90. The number of allylic oxidation sites excluding steroid dienone is 6. The largest absolute Gasteiger partial charge is 0.481 e. The van der Waals surface area contributed by atoms with Crippen molar-refractivity contribution in [3.05, 3.63) is 36.5 Å². The van der Waals surface area contributed by atoms with E-state index in [0.717, 1.165) is 38.5 Å². The van der Waals surface area contributed by atoms with E-state index in [-0.39, 0.29) is 0 Å². The molecule has 0 rings (SSSR count). The van der Waals surface area contributed by atoms with Crippen molar-refractivity contribution < 1.29 is 9.90 Å². The maximum absolute atomic E-state index is 10.4. The van der Waals surface area contributed by atoms with Crippen molar-refractivity contribution in [2.75, 3.05) is 0 Å². The quantitative estimate of drug-likeness (QED) is 0.207. The molecule has 0 aromatic carbocycles. The first-order chi connectivity index (χ1) is 11.2. The fourth-order valence-corrected chi connectivity index (χ4v) is 2.41. The summed E-state index contributed by atoms with van der Waals surface area (Å²) in [5.41, 5.74) is 0. The summed E-state index contributed by atoms with van der Waals surface area (Å²) < 4.78 is 0. The molecule has 0 saturated heterocycles. The maximum atomic E-state index is 10.4. The highest BCUT2D eigenvalue weighted by Crippen LogP contribution is 2.10. The van der Waals surface area contributed by atoms with Gasteiger partial charge in [0.2, 0.25) is 0 Å². The van der Waals surface area contributed by atoms with E-state index in [0.29, 0.717) is 12.3 Å². The van der Waals surface area contributed by atoms with Gasteiger partial charge in [0.15, 0.2) is 0 Å². The van der Waals surface area contributed by atoms with Gasteiger partial charge in [-0.25, -0.2) is 0 Å². The Hall–Kier alpha value is -1.31. The van der Waals surface area contributed by atoms with Gasteiger partial charge in [0.25, 0.3) is 0 Å². The van der Waals surface area contributed by atoms with Crippen LogP contribution in [0.4, 0.5) is 0 Å². The van der Waals surface area contributed by atoms with Crippen LogP contribution >= 0.6 is 0 Å². The Morgan fingerprint density at radius 1 is 0.957 bits per heavy atom. The molecule has 132 valence electrons. The van der Waals surface area contributed by atoms with Crippen LogP contribution in [0.1, 0.15) is 84.5 Å². The minimum absolute atomic E-state index is 0.311. The summed E-state index contributed by atoms with van der Waals surface area (Å²) in [6.45, 7) is 4.53. The highest BCUT2D eigenvalue weighted by Gasteiger charge is 1.95. The summed E-state index contributed by atoms with van der Waals surface area (Å²) in [7, 11) is 0. The SMILES string of the molecule is CCCCC[C@H](C)/C=C/C=C\C/C=C\CCCCCCC(=O)O. The standard InChI is InChI=1S/C21H36O2/c1-3-4-14-17-20(2)18-15-12-10-8-6-5-7-9-11-13-16-19-21(22)23/h5-6,10,12,15,18,20H,3-4,7-9,11,13-14,16-17,19H2,1-2H3,(H,22,23)/b6-5-,12-10-,18-15+/t20-/m0/s1. The van der Waals surface area contributed by atoms with Crippen LogP contribution in [-0.2, 0) is 4.79 Å². The summed E-state index contributed by atoms with van der Waals surface area (Å²) in [6, 6.07) is 0. The van der Waals surface area contributed by atoms with Crippen LogP contribution in [0.5, 0.6) is 0 Å². The monoisotopic (exact) mass is 320 g/mol. The van der Waals surface area contributed by atoms with E-state index in [4.69, 9.17) is 5.11 Å². The molecule has 0 aromatic heterocycles. The van der Waals surface area contributed by atoms with Crippen molar-refractivity contribution in [3.8, 4) is 0 Å². The summed E-state index contributed by atoms with van der Waals surface area (Å²) >= 11 is 0. The lowest BCUT2D eigenvalue weighted by molar-refractivity contribution is -0.137. The minimum atomic E-state index is -0.680. The van der Waals surface area contributed by atoms with E-state index in [9.17, 15) is 4.79 Å². The van der Waals surface area contributed by atoms with E-state index >= 15 is 0 Å². The minimum Gasteiger partial charge on any atom is -0.481 e. The maximum Gasteiger partial charge on any atom is 0.303 e. The predicted molar refractivity (Wildman–Crippen MR) is 101 cm³/mol. The number of rotatable bonds is 15. The zero-order valence-electron chi connectivity index (χ0n) is 15.2. The second-order valence-electron chi connectivity index (χ2n) is 6.34. The third kappa shape index (κ3) is 18.6. The molecule has 0 bridgehead atoms. The van der Waals surface area contributed by atoms with Crippen LogP contribution in [0.25, 0.3) is 0 Å². The molecule has 0 aromatic rings. The Bertz CT molecular complexity index is 353.